The summed E-state index contributed by atoms with van der Waals surface area (Å²) in [7, 11) is 1.38. The average molecular weight is 245 g/mol. The van der Waals surface area contributed by atoms with Gasteiger partial charge in [-0.25, -0.2) is 0 Å². The van der Waals surface area contributed by atoms with Crippen LogP contribution in [0.2, 0.25) is 0 Å². The van der Waals surface area contributed by atoms with Crippen LogP contribution in [-0.4, -0.2) is 28.8 Å². The van der Waals surface area contributed by atoms with E-state index in [2.05, 4.69) is 19.2 Å². The zero-order chi connectivity index (χ0) is 12.0. The van der Waals surface area contributed by atoms with Crippen molar-refractivity contribution < 1.29 is 4.21 Å². The van der Waals surface area contributed by atoms with Gasteiger partial charge in [0.15, 0.2) is 0 Å². The second kappa shape index (κ2) is 7.44. The molecule has 0 bridgehead atoms. The van der Waals surface area contributed by atoms with Crippen LogP contribution in [0.4, 0.5) is 0 Å². The molecule has 0 spiro atoms. The standard InChI is InChI=1S/C13H27NOS/c1-11(2)9-16(15)10-13(14-3)12-7-5-4-6-8-12/h11-14H,4-10H2,1-3H3. The van der Waals surface area contributed by atoms with Crippen molar-refractivity contribution >= 4 is 10.8 Å². The fourth-order valence-corrected chi connectivity index (χ4v) is 4.35. The van der Waals surface area contributed by atoms with Crippen LogP contribution < -0.4 is 5.32 Å². The molecule has 3 heteroatoms. The Labute approximate surface area is 103 Å². The van der Waals surface area contributed by atoms with Gasteiger partial charge in [0.05, 0.1) is 0 Å². The van der Waals surface area contributed by atoms with Gasteiger partial charge < -0.3 is 5.32 Å². The highest BCUT2D eigenvalue weighted by atomic mass is 32.2. The van der Waals surface area contributed by atoms with Crippen LogP contribution >= 0.6 is 0 Å². The Balaban J connectivity index is 2.37. The molecular formula is C13H27NOS. The van der Waals surface area contributed by atoms with Crippen LogP contribution in [0.15, 0.2) is 0 Å². The minimum atomic E-state index is -0.644. The van der Waals surface area contributed by atoms with Crippen LogP contribution in [0.5, 0.6) is 0 Å². The summed E-state index contributed by atoms with van der Waals surface area (Å²) in [6.07, 6.45) is 6.76. The Morgan fingerprint density at radius 2 is 1.81 bits per heavy atom. The van der Waals surface area contributed by atoms with Gasteiger partial charge in [-0.05, 0) is 31.7 Å². The number of nitrogens with one attached hydrogen (secondary N) is 1. The van der Waals surface area contributed by atoms with Gasteiger partial charge in [-0.2, -0.15) is 0 Å². The number of hydrogen-bond acceptors (Lipinski definition) is 2. The minimum Gasteiger partial charge on any atom is -0.316 e. The summed E-state index contributed by atoms with van der Waals surface area (Å²) >= 11 is 0. The van der Waals surface area contributed by atoms with Crippen molar-refractivity contribution in [2.45, 2.75) is 52.0 Å². The van der Waals surface area contributed by atoms with E-state index in [1.54, 1.807) is 0 Å². The van der Waals surface area contributed by atoms with Crippen molar-refractivity contribution in [3.63, 3.8) is 0 Å². The van der Waals surface area contributed by atoms with E-state index in [-0.39, 0.29) is 0 Å². The Morgan fingerprint density at radius 3 is 2.31 bits per heavy atom. The second-order valence-corrected chi connectivity index (χ2v) is 7.01. The molecule has 0 aliphatic heterocycles. The molecule has 2 atom stereocenters. The van der Waals surface area contributed by atoms with Crippen LogP contribution in [0.1, 0.15) is 46.0 Å². The predicted molar refractivity (Wildman–Crippen MR) is 72.1 cm³/mol. The SMILES string of the molecule is CNC(CS(=O)CC(C)C)C1CCCCC1. The molecule has 0 saturated heterocycles. The molecule has 2 nitrogen and oxygen atoms in total. The van der Waals surface area contributed by atoms with Crippen molar-refractivity contribution in [2.75, 3.05) is 18.6 Å². The third-order valence-corrected chi connectivity index (χ3v) is 5.24. The lowest BCUT2D eigenvalue weighted by molar-refractivity contribution is 0.293. The first-order valence-corrected chi connectivity index (χ1v) is 8.14. The lowest BCUT2D eigenvalue weighted by atomic mass is 9.84. The van der Waals surface area contributed by atoms with Crippen LogP contribution in [0, 0.1) is 11.8 Å². The molecule has 1 rings (SSSR count). The number of hydrogen-bond donors (Lipinski definition) is 1. The van der Waals surface area contributed by atoms with Gasteiger partial charge in [-0.3, -0.25) is 4.21 Å². The van der Waals surface area contributed by atoms with Crippen molar-refractivity contribution in [2.24, 2.45) is 11.8 Å². The first kappa shape index (κ1) is 14.2. The van der Waals surface area contributed by atoms with Gasteiger partial charge in [0.1, 0.15) is 0 Å². The molecule has 1 aliphatic carbocycles. The van der Waals surface area contributed by atoms with E-state index in [0.29, 0.717) is 12.0 Å². The highest BCUT2D eigenvalue weighted by molar-refractivity contribution is 7.85. The third kappa shape index (κ3) is 4.96. The maximum absolute atomic E-state index is 11.9. The largest absolute Gasteiger partial charge is 0.316 e. The van der Waals surface area contributed by atoms with Crippen LogP contribution in [0.3, 0.4) is 0 Å². The Hall–Kier alpha value is 0.110. The minimum absolute atomic E-state index is 0.472. The summed E-state index contributed by atoms with van der Waals surface area (Å²) in [6.45, 7) is 4.29. The highest BCUT2D eigenvalue weighted by Crippen LogP contribution is 2.26. The van der Waals surface area contributed by atoms with Gasteiger partial charge in [-0.15, -0.1) is 0 Å². The molecule has 1 aliphatic rings. The van der Waals surface area contributed by atoms with E-state index < -0.39 is 10.8 Å². The normalized spacial score (nSPS) is 22.2. The van der Waals surface area contributed by atoms with E-state index >= 15 is 0 Å². The highest BCUT2D eigenvalue weighted by Gasteiger charge is 2.23. The smallest absolute Gasteiger partial charge is 0.0391 e. The molecule has 0 heterocycles. The van der Waals surface area contributed by atoms with E-state index in [1.165, 1.54) is 32.1 Å². The lowest BCUT2D eigenvalue weighted by Crippen LogP contribution is -2.39. The van der Waals surface area contributed by atoms with Crippen LogP contribution in [0.25, 0.3) is 0 Å². The Morgan fingerprint density at radius 1 is 1.19 bits per heavy atom. The molecular weight excluding hydrogens is 218 g/mol. The molecule has 1 saturated carbocycles. The Kier molecular flexibility index (Phi) is 6.59. The quantitative estimate of drug-likeness (QED) is 0.779. The summed E-state index contributed by atoms with van der Waals surface area (Å²) in [5.41, 5.74) is 0. The zero-order valence-corrected chi connectivity index (χ0v) is 11.8. The average Bonchev–Trinajstić information content (AvgIpc) is 2.26. The maximum atomic E-state index is 11.9. The van der Waals surface area contributed by atoms with Gasteiger partial charge in [0.2, 0.25) is 0 Å². The predicted octanol–water partition coefficient (Wildman–Crippen LogP) is 2.56. The zero-order valence-electron chi connectivity index (χ0n) is 11.0. The molecule has 2 unspecified atom stereocenters. The Bertz CT molecular complexity index is 212. The summed E-state index contributed by atoms with van der Waals surface area (Å²) < 4.78 is 11.9. The van der Waals surface area contributed by atoms with E-state index in [0.717, 1.165) is 17.4 Å². The molecule has 1 fully saturated rings. The van der Waals surface area contributed by atoms with Crippen molar-refractivity contribution in [3.8, 4) is 0 Å². The number of rotatable bonds is 6. The lowest BCUT2D eigenvalue weighted by Gasteiger charge is -2.29. The van der Waals surface area contributed by atoms with E-state index in [9.17, 15) is 4.21 Å². The summed E-state index contributed by atoms with van der Waals surface area (Å²) in [4.78, 5) is 0. The first-order valence-electron chi connectivity index (χ1n) is 6.65. The molecule has 1 N–H and O–H groups in total. The maximum Gasteiger partial charge on any atom is 0.0391 e. The van der Waals surface area contributed by atoms with E-state index in [1.807, 2.05) is 7.05 Å². The molecule has 0 amide bonds. The topological polar surface area (TPSA) is 29.1 Å². The van der Waals surface area contributed by atoms with E-state index in [4.69, 9.17) is 0 Å². The second-order valence-electron chi connectivity index (χ2n) is 5.46. The summed E-state index contributed by atoms with van der Waals surface area (Å²) in [5, 5.41) is 3.38. The monoisotopic (exact) mass is 245 g/mol. The molecule has 0 aromatic carbocycles. The molecule has 0 radical (unpaired) electrons. The van der Waals surface area contributed by atoms with Gasteiger partial charge in [0.25, 0.3) is 0 Å². The summed E-state index contributed by atoms with van der Waals surface area (Å²) in [6, 6.07) is 0.472. The van der Waals surface area contributed by atoms with Crippen LogP contribution in [-0.2, 0) is 10.8 Å². The fraction of sp³-hybridized carbons (Fsp3) is 1.00. The molecule has 96 valence electrons. The van der Waals surface area contributed by atoms with Crippen molar-refractivity contribution in [3.05, 3.63) is 0 Å². The first-order chi connectivity index (χ1) is 7.63. The van der Waals surface area contributed by atoms with Gasteiger partial charge in [-0.1, -0.05) is 33.1 Å². The van der Waals surface area contributed by atoms with Crippen molar-refractivity contribution in [1.82, 2.24) is 5.32 Å². The molecule has 0 aromatic heterocycles. The van der Waals surface area contributed by atoms with Crippen molar-refractivity contribution in [1.29, 1.82) is 0 Å². The third-order valence-electron chi connectivity index (χ3n) is 3.47. The molecule has 16 heavy (non-hydrogen) atoms. The fourth-order valence-electron chi connectivity index (χ4n) is 2.63. The summed E-state index contributed by atoms with van der Waals surface area (Å²) in [5.74, 6) is 3.00. The van der Waals surface area contributed by atoms with Gasteiger partial charge >= 0.3 is 0 Å². The van der Waals surface area contributed by atoms with Gasteiger partial charge in [0, 0.05) is 28.3 Å². The molecule has 0 aromatic rings.